The second-order valence-electron chi connectivity index (χ2n) is 13.6. The monoisotopic (exact) mass is 603 g/mol. The molecule has 228 valence electrons. The van der Waals surface area contributed by atoms with Crippen molar-refractivity contribution in [2.24, 2.45) is 0 Å². The number of benzene rings is 4. The van der Waals surface area contributed by atoms with Gasteiger partial charge in [0, 0.05) is 45.8 Å². The number of carbonyl (C=O) groups is 1. The van der Waals surface area contributed by atoms with Gasteiger partial charge in [-0.05, 0) is 86.9 Å². The Morgan fingerprint density at radius 1 is 0.717 bits per heavy atom. The van der Waals surface area contributed by atoms with E-state index in [2.05, 4.69) is 95.6 Å². The molecule has 2 aliphatic carbocycles. The van der Waals surface area contributed by atoms with Crippen molar-refractivity contribution in [1.82, 2.24) is 4.57 Å². The van der Waals surface area contributed by atoms with Gasteiger partial charge >= 0.3 is 6.09 Å². The number of para-hydroxylation sites is 1. The summed E-state index contributed by atoms with van der Waals surface area (Å²) >= 11 is 0. The molecule has 0 unspecified atom stereocenters. The summed E-state index contributed by atoms with van der Waals surface area (Å²) in [5, 5.41) is 1.10. The summed E-state index contributed by atoms with van der Waals surface area (Å²) in [5.74, 6) is 0. The van der Waals surface area contributed by atoms with Crippen molar-refractivity contribution in [2.45, 2.75) is 65.0 Å². The van der Waals surface area contributed by atoms with Gasteiger partial charge in [0.15, 0.2) is 6.54 Å². The largest absolute Gasteiger partial charge is 0.443 e. The summed E-state index contributed by atoms with van der Waals surface area (Å²) in [6.45, 7) is 6.53. The van der Waals surface area contributed by atoms with E-state index in [-0.39, 0.29) is 6.09 Å². The highest BCUT2D eigenvalue weighted by Crippen LogP contribution is 2.44. The van der Waals surface area contributed by atoms with Crippen LogP contribution in [0.3, 0.4) is 0 Å². The van der Waals surface area contributed by atoms with Gasteiger partial charge in [0.1, 0.15) is 5.60 Å². The first kappa shape index (κ1) is 28.5. The lowest BCUT2D eigenvalue weighted by atomic mass is 9.77. The molecule has 0 aliphatic heterocycles. The first-order valence-corrected chi connectivity index (χ1v) is 16.5. The number of aryl methyl sites for hydroxylation is 3. The van der Waals surface area contributed by atoms with E-state index in [1.807, 2.05) is 39.1 Å². The maximum Gasteiger partial charge on any atom is 0.419 e. The summed E-state index contributed by atoms with van der Waals surface area (Å²) < 4.78 is 10.1. The van der Waals surface area contributed by atoms with E-state index >= 15 is 0 Å². The second-order valence-corrected chi connectivity index (χ2v) is 13.6. The number of rotatable bonds is 4. The first-order valence-electron chi connectivity index (χ1n) is 16.5. The van der Waals surface area contributed by atoms with E-state index in [4.69, 9.17) is 4.74 Å². The molecule has 0 radical (unpaired) electrons. The van der Waals surface area contributed by atoms with Crippen molar-refractivity contribution in [3.05, 3.63) is 137 Å². The third-order valence-corrected chi connectivity index (χ3v) is 9.60. The first-order chi connectivity index (χ1) is 22.4. The molecule has 2 aromatic heterocycles. The maximum absolute atomic E-state index is 13.3. The standard InChI is InChI=1S/C42H39N2O2/c1-42(2,3)46-41(45)44-27-31(32-17-11-12-20-37(32)44)25-26-43-39-33-18-9-7-13-28(33)21-23-35(39)38(30-15-5-4-6-16-30)36-24-22-29-14-8-10-19-34(29)40(36)43/h4-20,27H,21-26H2,1-3H3/q+1. The average molecular weight is 604 g/mol. The summed E-state index contributed by atoms with van der Waals surface area (Å²) in [6, 6.07) is 37.2. The van der Waals surface area contributed by atoms with Crippen LogP contribution in [-0.4, -0.2) is 16.3 Å². The maximum atomic E-state index is 13.3. The lowest BCUT2D eigenvalue weighted by Crippen LogP contribution is -2.44. The number of hydrogen-bond donors (Lipinski definition) is 0. The quantitative estimate of drug-likeness (QED) is 0.188. The number of fused-ring (bicyclic) bond motifs is 7. The Kier molecular flexibility index (Phi) is 6.90. The topological polar surface area (TPSA) is 35.1 Å². The zero-order valence-electron chi connectivity index (χ0n) is 26.8. The molecule has 46 heavy (non-hydrogen) atoms. The van der Waals surface area contributed by atoms with Gasteiger partial charge in [-0.2, -0.15) is 4.57 Å². The van der Waals surface area contributed by atoms with Crippen LogP contribution in [0.2, 0.25) is 0 Å². The normalized spacial score (nSPS) is 13.5. The molecule has 4 aromatic carbocycles. The molecule has 4 heteroatoms. The van der Waals surface area contributed by atoms with Gasteiger partial charge in [0.05, 0.1) is 5.52 Å². The summed E-state index contributed by atoms with van der Waals surface area (Å²) in [6.07, 6.45) is 6.57. The number of carbonyl (C=O) groups excluding carboxylic acids is 1. The number of pyridine rings is 1. The Morgan fingerprint density at radius 3 is 1.91 bits per heavy atom. The molecule has 4 nitrogen and oxygen atoms in total. The van der Waals surface area contributed by atoms with Gasteiger partial charge in [0.25, 0.3) is 0 Å². The van der Waals surface area contributed by atoms with Crippen molar-refractivity contribution >= 4 is 17.0 Å². The van der Waals surface area contributed by atoms with Crippen LogP contribution in [0.1, 0.15) is 48.6 Å². The minimum absolute atomic E-state index is 0.340. The molecule has 0 saturated heterocycles. The fraction of sp³-hybridized carbons (Fsp3) is 0.238. The van der Waals surface area contributed by atoms with E-state index in [1.54, 1.807) is 4.57 Å². The smallest absolute Gasteiger partial charge is 0.419 e. The fourth-order valence-corrected chi connectivity index (χ4v) is 7.74. The Hall–Kier alpha value is -4.96. The van der Waals surface area contributed by atoms with Crippen LogP contribution < -0.4 is 4.57 Å². The van der Waals surface area contributed by atoms with Gasteiger partial charge < -0.3 is 4.74 Å². The Bertz CT molecular complexity index is 2060. The molecule has 0 bridgehead atoms. The summed E-state index contributed by atoms with van der Waals surface area (Å²) in [5.41, 5.74) is 15.3. The number of ether oxygens (including phenoxy) is 1. The molecule has 0 spiro atoms. The van der Waals surface area contributed by atoms with Crippen molar-refractivity contribution < 1.29 is 14.1 Å². The molecule has 2 aliphatic rings. The van der Waals surface area contributed by atoms with Crippen LogP contribution >= 0.6 is 0 Å². The van der Waals surface area contributed by atoms with E-state index in [0.717, 1.165) is 55.1 Å². The van der Waals surface area contributed by atoms with Crippen molar-refractivity contribution in [3.8, 4) is 33.6 Å². The number of aromatic nitrogens is 2. The van der Waals surface area contributed by atoms with Crippen LogP contribution in [0.25, 0.3) is 44.5 Å². The van der Waals surface area contributed by atoms with Crippen LogP contribution in [0, 0.1) is 0 Å². The van der Waals surface area contributed by atoms with E-state index in [1.165, 1.54) is 55.9 Å². The van der Waals surface area contributed by atoms with Crippen molar-refractivity contribution in [2.75, 3.05) is 0 Å². The molecule has 8 rings (SSSR count). The van der Waals surface area contributed by atoms with Crippen LogP contribution in [0.4, 0.5) is 4.79 Å². The molecule has 0 atom stereocenters. The minimum atomic E-state index is -0.572. The highest BCUT2D eigenvalue weighted by atomic mass is 16.6. The molecular weight excluding hydrogens is 564 g/mol. The molecule has 0 amide bonds. The van der Waals surface area contributed by atoms with E-state index in [9.17, 15) is 4.79 Å². The van der Waals surface area contributed by atoms with Crippen LogP contribution in [0.5, 0.6) is 0 Å². The van der Waals surface area contributed by atoms with Gasteiger partial charge in [0.2, 0.25) is 11.4 Å². The van der Waals surface area contributed by atoms with Crippen LogP contribution in [0.15, 0.2) is 109 Å². The zero-order valence-corrected chi connectivity index (χ0v) is 26.8. The zero-order chi connectivity index (χ0) is 31.4. The third-order valence-electron chi connectivity index (χ3n) is 9.60. The van der Waals surface area contributed by atoms with E-state index < -0.39 is 5.60 Å². The predicted octanol–water partition coefficient (Wildman–Crippen LogP) is 9.15. The summed E-state index contributed by atoms with van der Waals surface area (Å²) in [7, 11) is 0. The van der Waals surface area contributed by atoms with Gasteiger partial charge in [-0.15, -0.1) is 0 Å². The molecule has 0 N–H and O–H groups in total. The lowest BCUT2D eigenvalue weighted by molar-refractivity contribution is -0.675. The second kappa shape index (κ2) is 11.1. The van der Waals surface area contributed by atoms with E-state index in [0.29, 0.717) is 0 Å². The SMILES string of the molecule is CC(C)(C)OC(=O)n1cc(CC[n+]2c3c(c(-c4ccccc4)c4c2-c2ccccc2CC4)CCc2ccccc2-3)c2ccccc21. The number of hydrogen-bond acceptors (Lipinski definition) is 2. The lowest BCUT2D eigenvalue weighted by Gasteiger charge is -2.28. The third kappa shape index (κ3) is 4.84. The number of nitrogens with zero attached hydrogens (tertiary/aromatic N) is 2. The Balaban J connectivity index is 1.35. The average Bonchev–Trinajstić information content (AvgIpc) is 3.45. The van der Waals surface area contributed by atoms with Crippen molar-refractivity contribution in [3.63, 3.8) is 0 Å². The highest BCUT2D eigenvalue weighted by molar-refractivity contribution is 5.92. The Labute approximate surface area is 270 Å². The van der Waals surface area contributed by atoms with Gasteiger partial charge in [-0.25, -0.2) is 4.79 Å². The Morgan fingerprint density at radius 2 is 1.28 bits per heavy atom. The minimum Gasteiger partial charge on any atom is -0.443 e. The molecule has 6 aromatic rings. The molecule has 0 saturated carbocycles. The highest BCUT2D eigenvalue weighted by Gasteiger charge is 2.37. The molecule has 2 heterocycles. The molecular formula is C42H39N2O2+. The van der Waals surface area contributed by atoms with Gasteiger partial charge in [-0.1, -0.05) is 84.9 Å². The predicted molar refractivity (Wildman–Crippen MR) is 185 cm³/mol. The fourth-order valence-electron chi connectivity index (χ4n) is 7.74. The molecule has 0 fully saturated rings. The van der Waals surface area contributed by atoms with Gasteiger partial charge in [-0.3, -0.25) is 4.57 Å². The van der Waals surface area contributed by atoms with Crippen molar-refractivity contribution in [1.29, 1.82) is 0 Å². The van der Waals surface area contributed by atoms with Crippen LogP contribution in [-0.2, 0) is 43.4 Å². The summed E-state index contributed by atoms with van der Waals surface area (Å²) in [4.78, 5) is 13.3.